The topological polar surface area (TPSA) is 57.5 Å². The largest absolute Gasteiger partial charge is 0.479 e. The molecule has 3 nitrogen and oxygen atoms in total. The van der Waals surface area contributed by atoms with Crippen molar-refractivity contribution in [3.8, 4) is 0 Å². The number of carboxylic acid groups (broad SMARTS) is 1. The van der Waals surface area contributed by atoms with E-state index in [4.69, 9.17) is 10.2 Å². The number of benzene rings is 1. The molecular formula is C10H11FO3. The minimum atomic E-state index is -1.38. The van der Waals surface area contributed by atoms with E-state index in [0.29, 0.717) is 12.0 Å². The van der Waals surface area contributed by atoms with Crippen LogP contribution < -0.4 is 0 Å². The van der Waals surface area contributed by atoms with Crippen molar-refractivity contribution in [2.24, 2.45) is 0 Å². The molecule has 0 fully saturated rings. The zero-order valence-electron chi connectivity index (χ0n) is 7.48. The number of aliphatic carboxylic acids is 1. The van der Waals surface area contributed by atoms with E-state index in [2.05, 4.69) is 0 Å². The summed E-state index contributed by atoms with van der Waals surface area (Å²) in [6.45, 7) is 0. The van der Waals surface area contributed by atoms with Crippen LogP contribution in [0.1, 0.15) is 12.0 Å². The monoisotopic (exact) mass is 198 g/mol. The van der Waals surface area contributed by atoms with E-state index >= 15 is 0 Å². The van der Waals surface area contributed by atoms with E-state index < -0.39 is 12.1 Å². The number of hydrogen-bond donors (Lipinski definition) is 2. The van der Waals surface area contributed by atoms with Gasteiger partial charge in [0.1, 0.15) is 5.82 Å². The number of carbonyl (C=O) groups is 1. The summed E-state index contributed by atoms with van der Waals surface area (Å²) in [7, 11) is 0. The van der Waals surface area contributed by atoms with Crippen molar-refractivity contribution in [1.29, 1.82) is 0 Å². The molecule has 14 heavy (non-hydrogen) atoms. The maximum Gasteiger partial charge on any atom is 0.332 e. The van der Waals surface area contributed by atoms with Crippen molar-refractivity contribution in [2.75, 3.05) is 0 Å². The first-order valence-electron chi connectivity index (χ1n) is 4.25. The highest BCUT2D eigenvalue weighted by molar-refractivity contribution is 5.71. The van der Waals surface area contributed by atoms with Crippen LogP contribution in [0.15, 0.2) is 24.3 Å². The van der Waals surface area contributed by atoms with Gasteiger partial charge in [0.15, 0.2) is 6.10 Å². The molecule has 0 bridgehead atoms. The fourth-order valence-electron chi connectivity index (χ4n) is 1.12. The van der Waals surface area contributed by atoms with Gasteiger partial charge in [0.2, 0.25) is 0 Å². The fourth-order valence-corrected chi connectivity index (χ4v) is 1.12. The second-order valence-corrected chi connectivity index (χ2v) is 3.02. The van der Waals surface area contributed by atoms with Crippen LogP contribution in [-0.4, -0.2) is 22.3 Å². The van der Waals surface area contributed by atoms with Crippen molar-refractivity contribution in [3.05, 3.63) is 35.6 Å². The molecule has 0 saturated carbocycles. The second-order valence-electron chi connectivity index (χ2n) is 3.02. The number of rotatable bonds is 4. The molecule has 0 aliphatic carbocycles. The second kappa shape index (κ2) is 4.72. The van der Waals surface area contributed by atoms with E-state index in [1.54, 1.807) is 12.1 Å². The lowest BCUT2D eigenvalue weighted by atomic mass is 10.1. The summed E-state index contributed by atoms with van der Waals surface area (Å²) in [5.41, 5.74) is 0.685. The van der Waals surface area contributed by atoms with Crippen LogP contribution in [0.25, 0.3) is 0 Å². The van der Waals surface area contributed by atoms with E-state index in [1.807, 2.05) is 0 Å². The van der Waals surface area contributed by atoms with E-state index in [-0.39, 0.29) is 12.2 Å². The van der Waals surface area contributed by atoms with Gasteiger partial charge in [-0.15, -0.1) is 0 Å². The van der Waals surface area contributed by atoms with E-state index in [1.165, 1.54) is 12.1 Å². The van der Waals surface area contributed by atoms with Crippen molar-refractivity contribution in [2.45, 2.75) is 18.9 Å². The molecule has 0 aliphatic rings. The highest BCUT2D eigenvalue weighted by Crippen LogP contribution is 2.07. The summed E-state index contributed by atoms with van der Waals surface area (Å²) in [6.07, 6.45) is -0.928. The van der Waals surface area contributed by atoms with Gasteiger partial charge < -0.3 is 10.2 Å². The van der Waals surface area contributed by atoms with Gasteiger partial charge in [0, 0.05) is 0 Å². The summed E-state index contributed by atoms with van der Waals surface area (Å²) >= 11 is 0. The van der Waals surface area contributed by atoms with Crippen molar-refractivity contribution < 1.29 is 19.4 Å². The Hall–Kier alpha value is -1.42. The highest BCUT2D eigenvalue weighted by Gasteiger charge is 2.12. The number of hydrogen-bond acceptors (Lipinski definition) is 2. The molecule has 1 aromatic carbocycles. The minimum Gasteiger partial charge on any atom is -0.479 e. The van der Waals surface area contributed by atoms with Crippen molar-refractivity contribution in [1.82, 2.24) is 0 Å². The molecule has 0 spiro atoms. The minimum absolute atomic E-state index is 0.0960. The first-order chi connectivity index (χ1) is 6.59. The normalized spacial score (nSPS) is 12.4. The Labute approximate surface area is 80.8 Å². The van der Waals surface area contributed by atoms with Crippen LogP contribution in [-0.2, 0) is 11.2 Å². The molecule has 0 heterocycles. The average Bonchev–Trinajstić information content (AvgIpc) is 2.14. The van der Waals surface area contributed by atoms with Crippen LogP contribution in [0.3, 0.4) is 0 Å². The SMILES string of the molecule is O=C(O)C(O)CCc1cccc(F)c1. The van der Waals surface area contributed by atoms with Crippen LogP contribution >= 0.6 is 0 Å². The van der Waals surface area contributed by atoms with Crippen LogP contribution in [0, 0.1) is 5.82 Å². The molecule has 2 N–H and O–H groups in total. The fraction of sp³-hybridized carbons (Fsp3) is 0.300. The summed E-state index contributed by atoms with van der Waals surface area (Å²) in [5.74, 6) is -1.60. The molecule has 1 unspecified atom stereocenters. The Morgan fingerprint density at radius 1 is 1.50 bits per heavy atom. The van der Waals surface area contributed by atoms with Gasteiger partial charge in [0.25, 0.3) is 0 Å². The number of aliphatic hydroxyl groups is 1. The molecule has 0 saturated heterocycles. The Bertz CT molecular complexity index is 325. The highest BCUT2D eigenvalue weighted by atomic mass is 19.1. The third-order valence-corrected chi connectivity index (χ3v) is 1.88. The summed E-state index contributed by atoms with van der Waals surface area (Å²) in [6, 6.07) is 5.89. The van der Waals surface area contributed by atoms with Crippen LogP contribution in [0.2, 0.25) is 0 Å². The molecular weight excluding hydrogens is 187 g/mol. The number of carboxylic acids is 1. The standard InChI is InChI=1S/C10H11FO3/c11-8-3-1-2-7(6-8)4-5-9(12)10(13)14/h1-3,6,9,12H,4-5H2,(H,13,14). The van der Waals surface area contributed by atoms with Gasteiger partial charge in [-0.2, -0.15) is 0 Å². The van der Waals surface area contributed by atoms with E-state index in [0.717, 1.165) is 0 Å². The first-order valence-corrected chi connectivity index (χ1v) is 4.25. The summed E-state index contributed by atoms with van der Waals surface area (Å²) < 4.78 is 12.7. The van der Waals surface area contributed by atoms with Crippen LogP contribution in [0.4, 0.5) is 4.39 Å². The molecule has 4 heteroatoms. The first kappa shape index (κ1) is 10.7. The van der Waals surface area contributed by atoms with E-state index in [9.17, 15) is 9.18 Å². The van der Waals surface area contributed by atoms with Gasteiger partial charge in [-0.1, -0.05) is 12.1 Å². The van der Waals surface area contributed by atoms with Crippen molar-refractivity contribution >= 4 is 5.97 Å². The molecule has 0 aliphatic heterocycles. The maximum atomic E-state index is 12.7. The predicted molar refractivity (Wildman–Crippen MR) is 48.4 cm³/mol. The summed E-state index contributed by atoms with van der Waals surface area (Å²) in [5, 5.41) is 17.4. The predicted octanol–water partition coefficient (Wildman–Crippen LogP) is 1.20. The molecule has 0 radical (unpaired) electrons. The number of aliphatic hydroxyl groups excluding tert-OH is 1. The Kier molecular flexibility index (Phi) is 3.59. The third kappa shape index (κ3) is 3.14. The Balaban J connectivity index is 2.49. The van der Waals surface area contributed by atoms with Gasteiger partial charge in [-0.3, -0.25) is 0 Å². The average molecular weight is 198 g/mol. The third-order valence-electron chi connectivity index (χ3n) is 1.88. The molecule has 0 amide bonds. The number of aryl methyl sites for hydroxylation is 1. The zero-order valence-corrected chi connectivity index (χ0v) is 7.48. The van der Waals surface area contributed by atoms with Crippen molar-refractivity contribution in [3.63, 3.8) is 0 Å². The molecule has 1 atom stereocenters. The van der Waals surface area contributed by atoms with Gasteiger partial charge >= 0.3 is 5.97 Å². The Morgan fingerprint density at radius 3 is 2.79 bits per heavy atom. The Morgan fingerprint density at radius 2 is 2.21 bits per heavy atom. The number of halogens is 1. The molecule has 1 aromatic rings. The molecule has 1 rings (SSSR count). The van der Waals surface area contributed by atoms with Gasteiger partial charge in [-0.25, -0.2) is 9.18 Å². The summed E-state index contributed by atoms with van der Waals surface area (Å²) in [4.78, 5) is 10.3. The lowest BCUT2D eigenvalue weighted by Gasteiger charge is -2.04. The van der Waals surface area contributed by atoms with Crippen LogP contribution in [0.5, 0.6) is 0 Å². The maximum absolute atomic E-state index is 12.7. The van der Waals surface area contributed by atoms with Gasteiger partial charge in [-0.05, 0) is 30.5 Å². The lowest BCUT2D eigenvalue weighted by molar-refractivity contribution is -0.146. The lowest BCUT2D eigenvalue weighted by Crippen LogP contribution is -2.19. The van der Waals surface area contributed by atoms with Gasteiger partial charge in [0.05, 0.1) is 0 Å². The zero-order chi connectivity index (χ0) is 10.6. The molecule has 76 valence electrons. The molecule has 0 aromatic heterocycles. The smallest absolute Gasteiger partial charge is 0.332 e. The quantitative estimate of drug-likeness (QED) is 0.764.